The number of aliphatic hydroxyl groups is 3. The van der Waals surface area contributed by atoms with E-state index in [4.69, 9.17) is 10.5 Å². The topological polar surface area (TPSA) is 593 Å². The van der Waals surface area contributed by atoms with Gasteiger partial charge in [0.05, 0.1) is 112 Å². The van der Waals surface area contributed by atoms with Gasteiger partial charge in [-0.15, -0.1) is 10.2 Å². The number of aliphatic carboxylic acids is 9. The summed E-state index contributed by atoms with van der Waals surface area (Å²) < 4.78 is 9.41. The number of hydrogen-bond donors (Lipinski definition) is 10. The molecule has 43 nitrogen and oxygen atoms in total. The number of nitrogens with zero attached hydrogens (tertiary/aromatic N) is 18. The number of nitrogens with two attached hydrogens (primary N) is 1. The van der Waals surface area contributed by atoms with Gasteiger partial charge >= 0.3 is 23.9 Å². The molecule has 13 N–H and O–H groups in total. The van der Waals surface area contributed by atoms with Gasteiger partial charge in [-0.2, -0.15) is 0 Å². The van der Waals surface area contributed by atoms with E-state index in [1.807, 2.05) is 28.5 Å². The highest BCUT2D eigenvalue weighted by atomic mass is 16.5. The number of rotatable bonds is 37. The number of aromatic nitrogens is 6. The number of benzene rings is 1. The fraction of sp³-hybridized carbons (Fsp3) is 0.687. The molecule has 6 rings (SSSR count). The summed E-state index contributed by atoms with van der Waals surface area (Å²) in [4.78, 5) is 126. The van der Waals surface area contributed by atoms with Crippen LogP contribution in [-0.4, -0.2) is 445 Å². The molecule has 0 aliphatic carbocycles. The molecule has 1 aromatic carbocycles. The van der Waals surface area contributed by atoms with Crippen molar-refractivity contribution in [2.45, 2.75) is 45.2 Å². The predicted octanol–water partition coefficient (Wildman–Crippen LogP) is -12.9. The number of carboxylic acid groups (broad SMARTS) is 9. The summed E-state index contributed by atoms with van der Waals surface area (Å²) in [5, 5.41) is 154. The van der Waals surface area contributed by atoms with Gasteiger partial charge in [0, 0.05) is 239 Å². The third kappa shape index (κ3) is 35.5. The van der Waals surface area contributed by atoms with Gasteiger partial charge in [-0.25, -0.2) is 9.36 Å². The average Bonchev–Trinajstić information content (AvgIpc) is 1.47. The molecule has 618 valence electrons. The molecule has 0 radical (unpaired) electrons. The average molecular weight is 1560 g/mol. The zero-order chi connectivity index (χ0) is 79.7. The molecular weight excluding hydrogens is 1450 g/mol. The lowest BCUT2D eigenvalue weighted by molar-refractivity contribution is -0.308. The number of hydrogen-bond acceptors (Lipinski definition) is 37. The zero-order valence-corrected chi connectivity index (χ0v) is 62.6. The van der Waals surface area contributed by atoms with Crippen molar-refractivity contribution in [3.63, 3.8) is 0 Å². The smallest absolute Gasteiger partial charge is 0.317 e. The minimum absolute atomic E-state index is 0. The van der Waals surface area contributed by atoms with Crippen LogP contribution in [0.3, 0.4) is 0 Å². The quantitative estimate of drug-likeness (QED) is 0.0256. The second-order valence-corrected chi connectivity index (χ2v) is 28.0. The Morgan fingerprint density at radius 2 is 0.700 bits per heavy atom. The van der Waals surface area contributed by atoms with Crippen LogP contribution < -0.4 is 47.5 Å². The number of β-amino-alcohol motifs (C(OH)–C–C–N with tert-alkyl or cyclic N) is 3. The highest BCUT2D eigenvalue weighted by Gasteiger charge is 2.28. The van der Waals surface area contributed by atoms with Crippen molar-refractivity contribution in [3.8, 4) is 28.3 Å². The second kappa shape index (κ2) is 47.4. The molecule has 3 aromatic rings. The molecule has 110 heavy (non-hydrogen) atoms. The van der Waals surface area contributed by atoms with Crippen molar-refractivity contribution < 1.29 is 109 Å². The largest absolute Gasteiger partial charge is 0.549 e. The van der Waals surface area contributed by atoms with Crippen LogP contribution >= 0.6 is 0 Å². The molecule has 3 aliphatic rings. The zero-order valence-electron chi connectivity index (χ0n) is 62.6. The Labute approximate surface area is 636 Å². The van der Waals surface area contributed by atoms with Crippen LogP contribution in [0.15, 0.2) is 30.7 Å². The number of nitrogens with one attached hydrogen (secondary N) is 1. The molecule has 43 heteroatoms. The number of aliphatic hydroxyl groups excluding tert-OH is 3. The van der Waals surface area contributed by atoms with Crippen LogP contribution in [0.4, 0.5) is 0 Å². The number of carbonyl (C=O) groups is 9. The second-order valence-electron chi connectivity index (χ2n) is 28.0. The van der Waals surface area contributed by atoms with Gasteiger partial charge in [-0.1, -0.05) is 24.3 Å². The molecule has 0 bridgehead atoms. The minimum atomic E-state index is -1.36. The molecule has 0 saturated carbocycles. The molecule has 3 atom stereocenters. The molecule has 0 spiro atoms. The standard InChI is InChI=1S/C67H110N20O22.H3N/c1-48(2)47-109-67-53(55(68)30-69-29-50(88)31-74-3-9-77(38-58(91)92)15-21-83(44-64(103)104)22-16-78(10-4-74)39-59(93)94)27-49(56-36-86(72-70-56)34-51(89)32-75-5-11-79(40-60(95)96)17-23-84(45-65(105)106)24-18-80(12-6-75)41-61(97)98)28-54(67)57-37-87(73-71-57)35-52(90)33-76-7-13-81(42-62(99)100)19-25-85(46-66(107)108)26-20-82(14-8-76)43-63(101)102;/h27-28,30,36-37,48,50-52,69,88-90H,3-26,29,31-35,38-47,68H2,1-2H3,(H,91,92)(H,93,94)(H,95,96)(H,97,98)(H,99,100)(H,101,102)(H,103,104)(H,105,106)(H,107,108);1H3/p-5/b55-30-;. The third-order valence-corrected chi connectivity index (χ3v) is 18.4. The SMILES string of the molecule is CC(C)COc1c(/C(N)=C/NCC(O)CN2CCN(CC(=O)[O-])CCN(CC(=O)[O-])CCN(CC(=O)O)CC2)cc(-c2cn(CC(O)CN3CCN(CC(=O)[O-])CCN(CC(=O)O)CCN(CC(=O)O)CC3)nn2)cc1-c1cn(CC(O)CN2CCN(CC(=O)[O-])CCN(CC(=O)[O-])CCN(CC(=O)O)CC2)nn1.N. The summed E-state index contributed by atoms with van der Waals surface area (Å²) in [6.45, 7) is 4.03. The molecule has 2 aromatic heterocycles. The highest BCUT2D eigenvalue weighted by Crippen LogP contribution is 2.39. The Hall–Kier alpha value is -8.77. The summed E-state index contributed by atoms with van der Waals surface area (Å²) >= 11 is 0. The number of carbonyl (C=O) groups excluding carboxylic acids is 5. The first-order valence-electron chi connectivity index (χ1n) is 36.2. The summed E-state index contributed by atoms with van der Waals surface area (Å²) in [6, 6.07) is 3.39. The molecule has 0 amide bonds. The van der Waals surface area contributed by atoms with E-state index in [0.717, 1.165) is 0 Å². The van der Waals surface area contributed by atoms with Crippen LogP contribution in [-0.2, 0) is 56.2 Å². The first-order chi connectivity index (χ1) is 51.8. The van der Waals surface area contributed by atoms with Gasteiger partial charge in [-0.3, -0.25) is 78.0 Å². The maximum absolute atomic E-state index is 12.0. The molecule has 3 aliphatic heterocycles. The first kappa shape index (κ1) is 91.8. The van der Waals surface area contributed by atoms with Crippen LogP contribution in [0.5, 0.6) is 5.75 Å². The molecule has 3 fully saturated rings. The fourth-order valence-electron chi connectivity index (χ4n) is 12.9. The van der Waals surface area contributed by atoms with Gasteiger partial charge in [0.2, 0.25) is 0 Å². The van der Waals surface area contributed by atoms with Gasteiger partial charge in [-0.05, 0) is 18.1 Å². The third-order valence-electron chi connectivity index (χ3n) is 18.4. The number of ether oxygens (including phenoxy) is 1. The van der Waals surface area contributed by atoms with E-state index in [1.165, 1.54) is 15.6 Å². The summed E-state index contributed by atoms with van der Waals surface area (Å²) in [5.74, 6) is -11.0. The molecule has 5 heterocycles. The molecule has 3 unspecified atom stereocenters. The lowest BCUT2D eigenvalue weighted by Crippen LogP contribution is -2.51. The van der Waals surface area contributed by atoms with E-state index in [9.17, 15) is 104 Å². The van der Waals surface area contributed by atoms with Crippen molar-refractivity contribution in [2.75, 3.05) is 249 Å². The normalized spacial score (nSPS) is 19.1. The van der Waals surface area contributed by atoms with Gasteiger partial charge < -0.3 is 107 Å². The summed E-state index contributed by atoms with van der Waals surface area (Å²) in [7, 11) is 0. The van der Waals surface area contributed by atoms with E-state index in [2.05, 4.69) is 25.9 Å². The van der Waals surface area contributed by atoms with E-state index in [1.54, 1.807) is 68.6 Å². The van der Waals surface area contributed by atoms with E-state index < -0.39 is 105 Å². The molecular formula is C67H108N21O22-5. The maximum atomic E-state index is 12.0. The van der Waals surface area contributed by atoms with E-state index in [0.29, 0.717) is 11.1 Å². The summed E-state index contributed by atoms with van der Waals surface area (Å²) in [5.41, 5.74) is 8.61. The lowest BCUT2D eigenvalue weighted by Gasteiger charge is -2.34. The Kier molecular flexibility index (Phi) is 39.6. The Morgan fingerprint density at radius 3 is 0.991 bits per heavy atom. The van der Waals surface area contributed by atoms with Crippen molar-refractivity contribution >= 4 is 59.4 Å². The van der Waals surface area contributed by atoms with Crippen LogP contribution in [0.1, 0.15) is 19.4 Å². The monoisotopic (exact) mass is 1560 g/mol. The van der Waals surface area contributed by atoms with E-state index in [-0.39, 0.29) is 270 Å². The van der Waals surface area contributed by atoms with Crippen molar-refractivity contribution in [1.29, 1.82) is 0 Å². The Balaban J connectivity index is 0.0000217. The fourth-order valence-corrected chi connectivity index (χ4v) is 12.9. The van der Waals surface area contributed by atoms with Crippen LogP contribution in [0.2, 0.25) is 0 Å². The summed E-state index contributed by atoms with van der Waals surface area (Å²) in [6.07, 6.45) is 1.17. The Morgan fingerprint density at radius 1 is 0.427 bits per heavy atom. The minimum Gasteiger partial charge on any atom is -0.549 e. The predicted molar refractivity (Wildman–Crippen MR) is 381 cm³/mol. The van der Waals surface area contributed by atoms with Crippen LogP contribution in [0, 0.1) is 5.92 Å². The van der Waals surface area contributed by atoms with Crippen molar-refractivity contribution in [3.05, 3.63) is 36.3 Å². The highest BCUT2D eigenvalue weighted by molar-refractivity contribution is 5.84. The van der Waals surface area contributed by atoms with Crippen molar-refractivity contribution in [2.24, 2.45) is 11.7 Å². The van der Waals surface area contributed by atoms with Gasteiger partial charge in [0.15, 0.2) is 0 Å². The van der Waals surface area contributed by atoms with Gasteiger partial charge in [0.1, 0.15) is 17.1 Å². The Bertz CT molecular complexity index is 3350. The maximum Gasteiger partial charge on any atom is 0.317 e. The first-order valence-corrected chi connectivity index (χ1v) is 36.2. The molecule has 3 saturated heterocycles. The van der Waals surface area contributed by atoms with E-state index >= 15 is 0 Å². The lowest BCUT2D eigenvalue weighted by atomic mass is 9.98. The van der Waals surface area contributed by atoms with Crippen molar-refractivity contribution in [1.82, 2.24) is 100 Å². The van der Waals surface area contributed by atoms with Crippen LogP contribution in [0.25, 0.3) is 28.2 Å². The number of carboxylic acids is 9. The van der Waals surface area contributed by atoms with Gasteiger partial charge in [0.25, 0.3) is 0 Å².